The SMILES string of the molecule is CNC(=O)N(S)S(=O)(=O)c1cc(CCNC(=O)c2cnc3ccccc3c2)ccc1OCCOc1ccccc1. The molecular formula is C28H28N4O6S2. The summed E-state index contributed by atoms with van der Waals surface area (Å²) in [5, 5.41) is 5.91. The maximum atomic E-state index is 13.2. The lowest BCUT2D eigenvalue weighted by Crippen LogP contribution is -2.36. The molecular weight excluding hydrogens is 552 g/mol. The van der Waals surface area contributed by atoms with Crippen LogP contribution in [-0.2, 0) is 16.4 Å². The minimum atomic E-state index is -4.37. The molecule has 12 heteroatoms. The topological polar surface area (TPSA) is 127 Å². The second-order valence-corrected chi connectivity index (χ2v) is 10.9. The molecule has 2 N–H and O–H groups in total. The summed E-state index contributed by atoms with van der Waals surface area (Å²) in [6.07, 6.45) is 1.83. The Morgan fingerprint density at radius 3 is 2.45 bits per heavy atom. The van der Waals surface area contributed by atoms with Crippen LogP contribution in [0, 0.1) is 0 Å². The van der Waals surface area contributed by atoms with E-state index in [0.717, 1.165) is 10.9 Å². The first-order valence-electron chi connectivity index (χ1n) is 12.3. The first-order chi connectivity index (χ1) is 19.3. The van der Waals surface area contributed by atoms with Crippen LogP contribution in [0.2, 0.25) is 0 Å². The van der Waals surface area contributed by atoms with Gasteiger partial charge >= 0.3 is 6.03 Å². The molecule has 0 saturated heterocycles. The van der Waals surface area contributed by atoms with Crippen LogP contribution in [0.4, 0.5) is 4.79 Å². The monoisotopic (exact) mass is 580 g/mol. The number of fused-ring (bicyclic) bond motifs is 1. The molecule has 0 bridgehead atoms. The Morgan fingerprint density at radius 1 is 0.950 bits per heavy atom. The van der Waals surface area contributed by atoms with Crippen molar-refractivity contribution in [2.24, 2.45) is 0 Å². The van der Waals surface area contributed by atoms with Crippen LogP contribution in [0.25, 0.3) is 10.9 Å². The molecule has 3 aromatic carbocycles. The van der Waals surface area contributed by atoms with E-state index in [4.69, 9.17) is 9.47 Å². The third-order valence-electron chi connectivity index (χ3n) is 5.81. The Bertz CT molecular complexity index is 1600. The van der Waals surface area contributed by atoms with Crippen molar-refractivity contribution in [2.45, 2.75) is 11.3 Å². The molecule has 1 heterocycles. The summed E-state index contributed by atoms with van der Waals surface area (Å²) < 4.78 is 38.1. The lowest BCUT2D eigenvalue weighted by atomic mass is 10.1. The van der Waals surface area contributed by atoms with Crippen LogP contribution < -0.4 is 20.1 Å². The van der Waals surface area contributed by atoms with Gasteiger partial charge < -0.3 is 20.1 Å². The van der Waals surface area contributed by atoms with Crippen molar-refractivity contribution in [3.63, 3.8) is 0 Å². The average Bonchev–Trinajstić information content (AvgIpc) is 2.99. The summed E-state index contributed by atoms with van der Waals surface area (Å²) >= 11 is 3.89. The number of aromatic nitrogens is 1. The highest BCUT2D eigenvalue weighted by molar-refractivity contribution is 8.00. The fourth-order valence-electron chi connectivity index (χ4n) is 3.77. The standard InChI is InChI=1S/C28H28N4O6S2/c1-29-28(34)32(39)40(35,36)26-17-20(11-12-25(26)38-16-15-37-23-8-3-2-4-9-23)13-14-30-27(33)22-18-21-7-5-6-10-24(21)31-19-22/h2-12,17-19,39H,13-16H2,1H3,(H,29,34)(H,30,33). The molecule has 4 aromatic rings. The second-order valence-electron chi connectivity index (χ2n) is 8.52. The zero-order valence-electron chi connectivity index (χ0n) is 21.6. The molecule has 10 nitrogen and oxygen atoms in total. The van der Waals surface area contributed by atoms with Crippen LogP contribution in [0.15, 0.2) is 90.0 Å². The highest BCUT2D eigenvalue weighted by atomic mass is 32.3. The van der Waals surface area contributed by atoms with Crippen molar-refractivity contribution < 1.29 is 27.5 Å². The average molecular weight is 581 g/mol. The molecule has 0 aliphatic carbocycles. The van der Waals surface area contributed by atoms with Gasteiger partial charge in [0.25, 0.3) is 15.9 Å². The number of amides is 3. The summed E-state index contributed by atoms with van der Waals surface area (Å²) in [6.45, 7) is 0.455. The summed E-state index contributed by atoms with van der Waals surface area (Å²) in [5.74, 6) is 0.386. The molecule has 3 amide bonds. The minimum absolute atomic E-state index is 0.0367. The molecule has 0 aliphatic rings. The normalized spacial score (nSPS) is 11.1. The number of carbonyl (C=O) groups is 2. The lowest BCUT2D eigenvalue weighted by molar-refractivity contribution is 0.0954. The van der Waals surface area contributed by atoms with Crippen molar-refractivity contribution in [1.82, 2.24) is 19.3 Å². The van der Waals surface area contributed by atoms with Crippen LogP contribution in [0.1, 0.15) is 15.9 Å². The molecule has 0 radical (unpaired) electrons. The molecule has 0 unspecified atom stereocenters. The Labute approximate surface area is 237 Å². The van der Waals surface area contributed by atoms with Gasteiger partial charge in [-0.05, 0) is 61.2 Å². The number of carbonyl (C=O) groups excluding carboxylic acids is 2. The minimum Gasteiger partial charge on any atom is -0.490 e. The van der Waals surface area contributed by atoms with E-state index in [1.807, 2.05) is 42.5 Å². The zero-order chi connectivity index (χ0) is 28.5. The van der Waals surface area contributed by atoms with E-state index in [1.165, 1.54) is 25.4 Å². The van der Waals surface area contributed by atoms with Gasteiger partial charge in [0.05, 0.1) is 11.1 Å². The Balaban J connectivity index is 1.45. The van der Waals surface area contributed by atoms with Crippen LogP contribution in [0.3, 0.4) is 0 Å². The maximum absolute atomic E-state index is 13.2. The summed E-state index contributed by atoms with van der Waals surface area (Å²) in [6, 6.07) is 22.0. The van der Waals surface area contributed by atoms with Gasteiger partial charge in [-0.1, -0.05) is 42.5 Å². The number of hydrogen-bond acceptors (Lipinski definition) is 8. The van der Waals surface area contributed by atoms with Gasteiger partial charge in [0.2, 0.25) is 0 Å². The number of nitrogens with zero attached hydrogens (tertiary/aromatic N) is 2. The molecule has 0 saturated carbocycles. The summed E-state index contributed by atoms with van der Waals surface area (Å²) in [7, 11) is -3.08. The van der Waals surface area contributed by atoms with Crippen LogP contribution in [0.5, 0.6) is 11.5 Å². The van der Waals surface area contributed by atoms with Gasteiger partial charge in [-0.3, -0.25) is 9.78 Å². The predicted molar refractivity (Wildman–Crippen MR) is 154 cm³/mol. The maximum Gasteiger partial charge on any atom is 0.341 e. The molecule has 40 heavy (non-hydrogen) atoms. The zero-order valence-corrected chi connectivity index (χ0v) is 23.3. The van der Waals surface area contributed by atoms with Gasteiger partial charge in [0.1, 0.15) is 29.6 Å². The number of ether oxygens (including phenoxy) is 2. The van der Waals surface area contributed by atoms with Crippen LogP contribution >= 0.6 is 12.8 Å². The number of pyridine rings is 1. The van der Waals surface area contributed by atoms with Crippen molar-refractivity contribution in [3.8, 4) is 11.5 Å². The Hall–Kier alpha value is -4.29. The number of urea groups is 1. The predicted octanol–water partition coefficient (Wildman–Crippen LogP) is 3.84. The van der Waals surface area contributed by atoms with E-state index in [9.17, 15) is 18.0 Å². The highest BCUT2D eigenvalue weighted by Gasteiger charge is 2.30. The molecule has 208 valence electrons. The van der Waals surface area contributed by atoms with E-state index in [0.29, 0.717) is 27.0 Å². The number of thiol groups is 1. The third kappa shape index (κ3) is 7.01. The van der Waals surface area contributed by atoms with Crippen molar-refractivity contribution >= 4 is 45.7 Å². The number of para-hydroxylation sites is 2. The molecule has 1 aromatic heterocycles. The van der Waals surface area contributed by atoms with Crippen LogP contribution in [-0.4, -0.2) is 55.9 Å². The number of sulfonamides is 1. The van der Waals surface area contributed by atoms with E-state index in [2.05, 4.69) is 28.4 Å². The Kier molecular flexibility index (Phi) is 9.46. The fraction of sp³-hybridized carbons (Fsp3) is 0.179. The second kappa shape index (κ2) is 13.2. The lowest BCUT2D eigenvalue weighted by Gasteiger charge is -2.19. The quantitative estimate of drug-likeness (QED) is 0.182. The molecule has 0 atom stereocenters. The van der Waals surface area contributed by atoms with Gasteiger partial charge in [0, 0.05) is 25.2 Å². The molecule has 4 rings (SSSR count). The highest BCUT2D eigenvalue weighted by Crippen LogP contribution is 2.29. The number of nitrogens with one attached hydrogen (secondary N) is 2. The smallest absolute Gasteiger partial charge is 0.341 e. The number of benzene rings is 3. The van der Waals surface area contributed by atoms with Gasteiger partial charge in [-0.15, -0.1) is 0 Å². The fourth-order valence-corrected chi connectivity index (χ4v) is 5.31. The first-order valence-corrected chi connectivity index (χ1v) is 14.2. The van der Waals surface area contributed by atoms with E-state index in [1.54, 1.807) is 24.3 Å². The van der Waals surface area contributed by atoms with Crippen molar-refractivity contribution in [3.05, 3.63) is 96.2 Å². The molecule has 0 aliphatic heterocycles. The van der Waals surface area contributed by atoms with Gasteiger partial charge in [-0.2, -0.15) is 12.1 Å². The number of hydrogen-bond donors (Lipinski definition) is 3. The summed E-state index contributed by atoms with van der Waals surface area (Å²) in [5.41, 5.74) is 1.80. The van der Waals surface area contributed by atoms with Crippen molar-refractivity contribution in [1.29, 1.82) is 0 Å². The Morgan fingerprint density at radius 2 is 1.68 bits per heavy atom. The van der Waals surface area contributed by atoms with E-state index < -0.39 is 16.1 Å². The van der Waals surface area contributed by atoms with E-state index >= 15 is 0 Å². The summed E-state index contributed by atoms with van der Waals surface area (Å²) in [4.78, 5) is 28.8. The first kappa shape index (κ1) is 28.7. The van der Waals surface area contributed by atoms with Crippen molar-refractivity contribution in [2.75, 3.05) is 26.8 Å². The number of rotatable bonds is 11. The van der Waals surface area contributed by atoms with Gasteiger partial charge in [0.15, 0.2) is 0 Å². The third-order valence-corrected chi connectivity index (χ3v) is 8.13. The molecule has 0 fully saturated rings. The van der Waals surface area contributed by atoms with Gasteiger partial charge in [-0.25, -0.2) is 4.79 Å². The van der Waals surface area contributed by atoms with E-state index in [-0.39, 0.29) is 36.3 Å². The largest absolute Gasteiger partial charge is 0.490 e. The molecule has 0 spiro atoms.